The van der Waals surface area contributed by atoms with E-state index < -0.39 is 6.98 Å². The number of rotatable bonds is 2. The summed E-state index contributed by atoms with van der Waals surface area (Å²) >= 11 is 0. The molecule has 1 aromatic carbocycles. The number of hydrogen-bond acceptors (Lipinski definition) is 1. The minimum Gasteiger partial charge on any atom is -0.508 e. The van der Waals surface area contributed by atoms with Crippen LogP contribution in [0.25, 0.3) is 6.08 Å². The van der Waals surface area contributed by atoms with Gasteiger partial charge in [-0.15, -0.1) is 5.98 Å². The molecule has 1 N–H and O–H groups in total. The Morgan fingerprint density at radius 1 is 1.21 bits per heavy atom. The Labute approximate surface area is 122 Å². The summed E-state index contributed by atoms with van der Waals surface area (Å²) in [4.78, 5) is 0. The first-order chi connectivity index (χ1) is 5.97. The Morgan fingerprint density at radius 3 is 2.36 bits per heavy atom. The second kappa shape index (κ2) is 5.97. The normalized spacial score (nSPS) is 11.4. The van der Waals surface area contributed by atoms with Crippen LogP contribution in [0.3, 0.4) is 0 Å². The van der Waals surface area contributed by atoms with Gasteiger partial charge in [0.05, 0.1) is 0 Å². The van der Waals surface area contributed by atoms with Gasteiger partial charge in [0.15, 0.2) is 0 Å². The van der Waals surface area contributed by atoms with E-state index in [1.165, 1.54) is 24.3 Å². The SMILES string of the molecule is Oc1cccc(/C=C/[B-](F)(F)F)c1.[K+]. The number of phenolic OH excluding ortho intramolecular Hbond substituents is 1. The number of aromatic hydroxyl groups is 1. The van der Waals surface area contributed by atoms with Crippen molar-refractivity contribution in [1.29, 1.82) is 0 Å². The van der Waals surface area contributed by atoms with E-state index in [2.05, 4.69) is 0 Å². The van der Waals surface area contributed by atoms with Gasteiger partial charge in [-0.3, -0.25) is 0 Å². The van der Waals surface area contributed by atoms with Crippen LogP contribution in [0.2, 0.25) is 0 Å². The van der Waals surface area contributed by atoms with Gasteiger partial charge in [0.2, 0.25) is 0 Å². The number of benzene rings is 1. The quantitative estimate of drug-likeness (QED) is 0.692. The van der Waals surface area contributed by atoms with Crippen LogP contribution < -0.4 is 51.4 Å². The fourth-order valence-electron chi connectivity index (χ4n) is 0.849. The maximum atomic E-state index is 11.8. The van der Waals surface area contributed by atoms with Crippen molar-refractivity contribution in [3.63, 3.8) is 0 Å². The summed E-state index contributed by atoms with van der Waals surface area (Å²) in [7, 11) is 0. The van der Waals surface area contributed by atoms with Crippen molar-refractivity contribution in [3.05, 3.63) is 35.8 Å². The molecule has 0 saturated heterocycles. The molecular formula is C8H7BF3KO. The summed E-state index contributed by atoms with van der Waals surface area (Å²) in [6.07, 6.45) is 0.930. The van der Waals surface area contributed by atoms with Crippen LogP contribution >= 0.6 is 0 Å². The minimum absolute atomic E-state index is 0. The van der Waals surface area contributed by atoms with Crippen molar-refractivity contribution in [2.75, 3.05) is 0 Å². The molecule has 0 fully saturated rings. The van der Waals surface area contributed by atoms with Crippen molar-refractivity contribution < 1.29 is 69.4 Å². The Bertz CT molecular complexity index is 325. The van der Waals surface area contributed by atoms with Crippen molar-refractivity contribution in [1.82, 2.24) is 0 Å². The van der Waals surface area contributed by atoms with Gasteiger partial charge in [-0.1, -0.05) is 18.2 Å². The van der Waals surface area contributed by atoms with E-state index in [1.54, 1.807) is 0 Å². The van der Waals surface area contributed by atoms with E-state index in [1.807, 2.05) is 0 Å². The number of phenols is 1. The van der Waals surface area contributed by atoms with Gasteiger partial charge >= 0.3 is 58.4 Å². The molecule has 0 amide bonds. The smallest absolute Gasteiger partial charge is 0.508 e. The van der Waals surface area contributed by atoms with Crippen LogP contribution in [0.4, 0.5) is 12.9 Å². The molecule has 1 nitrogen and oxygen atoms in total. The summed E-state index contributed by atoms with van der Waals surface area (Å²) < 4.78 is 35.3. The Morgan fingerprint density at radius 2 is 1.86 bits per heavy atom. The third kappa shape index (κ3) is 5.87. The fourth-order valence-corrected chi connectivity index (χ4v) is 0.849. The Kier molecular flexibility index (Phi) is 6.08. The average Bonchev–Trinajstić information content (AvgIpc) is 2.00. The molecule has 0 aliphatic carbocycles. The summed E-state index contributed by atoms with van der Waals surface area (Å²) in [5, 5.41) is 8.93. The molecule has 0 aromatic heterocycles. The molecule has 70 valence electrons. The van der Waals surface area contributed by atoms with E-state index in [4.69, 9.17) is 5.11 Å². The molecule has 1 rings (SSSR count). The molecule has 0 spiro atoms. The van der Waals surface area contributed by atoms with Crippen LogP contribution in [0.5, 0.6) is 5.75 Å². The maximum Gasteiger partial charge on any atom is 1.00 e. The zero-order valence-corrected chi connectivity index (χ0v) is 10.7. The standard InChI is InChI=1S/C8H7BF3O.K/c10-9(11,12)5-4-7-2-1-3-8(13)6-7;/h1-6,13H;/q-1;+1/b5-4+;. The van der Waals surface area contributed by atoms with Crippen molar-refractivity contribution in [2.24, 2.45) is 0 Å². The first kappa shape index (κ1) is 14.3. The summed E-state index contributed by atoms with van der Waals surface area (Å²) in [6.45, 7) is -4.90. The maximum absolute atomic E-state index is 11.8. The number of halogens is 3. The van der Waals surface area contributed by atoms with Crippen molar-refractivity contribution >= 4 is 13.1 Å². The molecule has 0 aliphatic rings. The largest absolute Gasteiger partial charge is 1.00 e. The van der Waals surface area contributed by atoms with E-state index in [-0.39, 0.29) is 63.1 Å². The summed E-state index contributed by atoms with van der Waals surface area (Å²) in [6, 6.07) is 5.63. The Hall–Kier alpha value is 0.251. The molecule has 6 heteroatoms. The van der Waals surface area contributed by atoms with Gasteiger partial charge in [0, 0.05) is 0 Å². The third-order valence-electron chi connectivity index (χ3n) is 1.38. The van der Waals surface area contributed by atoms with E-state index in [0.717, 1.165) is 6.08 Å². The van der Waals surface area contributed by atoms with Crippen molar-refractivity contribution in [3.8, 4) is 5.75 Å². The van der Waals surface area contributed by atoms with E-state index >= 15 is 0 Å². The van der Waals surface area contributed by atoms with Gasteiger partial charge < -0.3 is 18.1 Å². The van der Waals surface area contributed by atoms with E-state index in [0.29, 0.717) is 5.56 Å². The zero-order chi connectivity index (χ0) is 9.90. The molecule has 0 aliphatic heterocycles. The van der Waals surface area contributed by atoms with Gasteiger partial charge in [0.1, 0.15) is 5.75 Å². The second-order valence-electron chi connectivity index (χ2n) is 2.58. The summed E-state index contributed by atoms with van der Waals surface area (Å²) in [5.41, 5.74) is 0.333. The molecular weight excluding hydrogens is 219 g/mol. The third-order valence-corrected chi connectivity index (χ3v) is 1.38. The first-order valence-corrected chi connectivity index (χ1v) is 3.65. The van der Waals surface area contributed by atoms with Crippen LogP contribution in [0, 0.1) is 0 Å². The molecule has 0 atom stereocenters. The van der Waals surface area contributed by atoms with Gasteiger partial charge in [0.25, 0.3) is 0 Å². The van der Waals surface area contributed by atoms with Crippen LogP contribution in [0.1, 0.15) is 5.56 Å². The second-order valence-corrected chi connectivity index (χ2v) is 2.58. The summed E-state index contributed by atoms with van der Waals surface area (Å²) in [5.74, 6) is 0.145. The van der Waals surface area contributed by atoms with Gasteiger partial charge in [-0.2, -0.15) is 0 Å². The molecule has 0 heterocycles. The molecule has 14 heavy (non-hydrogen) atoms. The molecule has 0 saturated carbocycles. The Balaban J connectivity index is 0.00000169. The van der Waals surface area contributed by atoms with E-state index in [9.17, 15) is 12.9 Å². The molecule has 0 unspecified atom stereocenters. The molecule has 1 aromatic rings. The van der Waals surface area contributed by atoms with Crippen LogP contribution in [-0.4, -0.2) is 12.1 Å². The topological polar surface area (TPSA) is 20.2 Å². The fraction of sp³-hybridized carbons (Fsp3) is 0. The first-order valence-electron chi connectivity index (χ1n) is 3.65. The van der Waals surface area contributed by atoms with Crippen molar-refractivity contribution in [2.45, 2.75) is 0 Å². The van der Waals surface area contributed by atoms with Gasteiger partial charge in [-0.05, 0) is 17.7 Å². The zero-order valence-electron chi connectivity index (χ0n) is 7.62. The monoisotopic (exact) mass is 226 g/mol. The molecule has 0 bridgehead atoms. The minimum atomic E-state index is -4.90. The number of hydrogen-bond donors (Lipinski definition) is 1. The predicted octanol–water partition coefficient (Wildman–Crippen LogP) is -0.204. The predicted molar refractivity (Wildman–Crippen MR) is 46.2 cm³/mol. The molecule has 0 radical (unpaired) electrons. The average molecular weight is 226 g/mol. The van der Waals surface area contributed by atoms with Gasteiger partial charge in [-0.25, -0.2) is 0 Å². The van der Waals surface area contributed by atoms with Crippen LogP contribution in [0.15, 0.2) is 30.2 Å². The van der Waals surface area contributed by atoms with Crippen LogP contribution in [-0.2, 0) is 0 Å².